The second-order valence-electron chi connectivity index (χ2n) is 6.47. The number of hydrogen-bond acceptors (Lipinski definition) is 8. The summed E-state index contributed by atoms with van der Waals surface area (Å²) in [6.07, 6.45) is 0. The lowest BCUT2D eigenvalue weighted by Gasteiger charge is -2.13. The lowest BCUT2D eigenvalue weighted by atomic mass is 10.1. The van der Waals surface area contributed by atoms with Crippen LogP contribution in [-0.2, 0) is 19.5 Å². The van der Waals surface area contributed by atoms with Crippen LogP contribution < -0.4 is 10.0 Å². The summed E-state index contributed by atoms with van der Waals surface area (Å²) in [6.45, 7) is 1.85. The van der Waals surface area contributed by atoms with Crippen molar-refractivity contribution in [2.24, 2.45) is 0 Å². The predicted molar refractivity (Wildman–Crippen MR) is 110 cm³/mol. The largest absolute Gasteiger partial charge is 0.465 e. The highest BCUT2D eigenvalue weighted by atomic mass is 32.2. The Morgan fingerprint density at radius 3 is 2.26 bits per heavy atom. The molecule has 11 nitrogen and oxygen atoms in total. The first kappa shape index (κ1) is 23.9. The molecule has 0 aliphatic heterocycles. The Labute approximate surface area is 178 Å². The number of esters is 1. The average molecular weight is 451 g/mol. The molecule has 0 bridgehead atoms. The molecule has 0 heterocycles. The van der Waals surface area contributed by atoms with Gasteiger partial charge in [-0.05, 0) is 37.3 Å². The summed E-state index contributed by atoms with van der Waals surface area (Å²) < 4.78 is 36.6. The summed E-state index contributed by atoms with van der Waals surface area (Å²) in [5.74, 6) is -1.56. The molecule has 0 saturated carbocycles. The number of benzene rings is 2. The maximum atomic E-state index is 12.5. The lowest BCUT2D eigenvalue weighted by molar-refractivity contribution is -0.384. The van der Waals surface area contributed by atoms with Crippen molar-refractivity contribution >= 4 is 33.3 Å². The molecule has 2 N–H and O–H groups in total. The van der Waals surface area contributed by atoms with Crippen LogP contribution in [0, 0.1) is 10.1 Å². The maximum Gasteiger partial charge on any atom is 0.338 e. The van der Waals surface area contributed by atoms with E-state index in [-0.39, 0.29) is 28.3 Å². The number of carbonyl (C=O) groups is 2. The van der Waals surface area contributed by atoms with Crippen molar-refractivity contribution in [3.05, 3.63) is 63.7 Å². The van der Waals surface area contributed by atoms with E-state index in [0.717, 1.165) is 25.3 Å². The number of nitro groups is 1. The number of nitrogens with zero attached hydrogens (tertiary/aromatic N) is 1. The monoisotopic (exact) mass is 451 g/mol. The first-order chi connectivity index (χ1) is 14.6. The minimum Gasteiger partial charge on any atom is -0.465 e. The highest BCUT2D eigenvalue weighted by Gasteiger charge is 2.20. The van der Waals surface area contributed by atoms with Crippen molar-refractivity contribution in [2.75, 3.05) is 26.1 Å². The lowest BCUT2D eigenvalue weighted by Crippen LogP contribution is -2.35. The molecule has 1 amide bonds. The smallest absolute Gasteiger partial charge is 0.338 e. The van der Waals surface area contributed by atoms with E-state index in [1.807, 2.05) is 0 Å². The van der Waals surface area contributed by atoms with Crippen LogP contribution in [0.3, 0.4) is 0 Å². The van der Waals surface area contributed by atoms with Crippen LogP contribution in [0.1, 0.15) is 27.6 Å². The van der Waals surface area contributed by atoms with Crippen LogP contribution in [0.25, 0.3) is 0 Å². The Morgan fingerprint density at radius 2 is 1.71 bits per heavy atom. The van der Waals surface area contributed by atoms with Gasteiger partial charge in [0.05, 0.1) is 29.1 Å². The third-order valence-corrected chi connectivity index (χ3v) is 5.61. The number of carbonyl (C=O) groups excluding carboxylic acids is 2. The van der Waals surface area contributed by atoms with E-state index >= 15 is 0 Å². The quantitative estimate of drug-likeness (QED) is 0.333. The zero-order valence-electron chi connectivity index (χ0n) is 16.9. The molecular weight excluding hydrogens is 430 g/mol. The molecule has 166 valence electrons. The molecule has 1 unspecified atom stereocenters. The molecule has 0 spiro atoms. The van der Waals surface area contributed by atoms with Crippen LogP contribution >= 0.6 is 0 Å². The first-order valence-electron chi connectivity index (χ1n) is 8.88. The first-order valence-corrected chi connectivity index (χ1v) is 10.4. The number of sulfonamides is 1. The summed E-state index contributed by atoms with van der Waals surface area (Å²) in [7, 11) is -1.21. The molecule has 1 atom stereocenters. The van der Waals surface area contributed by atoms with Gasteiger partial charge in [-0.15, -0.1) is 0 Å². The van der Waals surface area contributed by atoms with E-state index in [2.05, 4.69) is 14.8 Å². The van der Waals surface area contributed by atoms with Gasteiger partial charge in [-0.2, -0.15) is 0 Å². The van der Waals surface area contributed by atoms with E-state index < -0.39 is 38.6 Å². The third-order valence-electron chi connectivity index (χ3n) is 4.01. The van der Waals surface area contributed by atoms with Crippen LogP contribution in [-0.4, -0.2) is 52.1 Å². The van der Waals surface area contributed by atoms with Gasteiger partial charge in [-0.25, -0.2) is 17.9 Å². The molecular formula is C19H21N3O8S. The zero-order valence-corrected chi connectivity index (χ0v) is 17.8. The van der Waals surface area contributed by atoms with Crippen LogP contribution in [0.2, 0.25) is 0 Å². The summed E-state index contributed by atoms with van der Waals surface area (Å²) in [6, 6.07) is 8.07. The normalized spacial score (nSPS) is 12.1. The molecule has 31 heavy (non-hydrogen) atoms. The molecule has 2 aromatic carbocycles. The SMILES string of the molecule is COCC(C)NS(=O)(=O)c1ccc(NC(=O)c2cc(C(=O)OC)cc([N+](=O)[O-])c2)cc1. The minimum atomic E-state index is -3.78. The van der Waals surface area contributed by atoms with Crippen molar-refractivity contribution in [1.29, 1.82) is 0 Å². The number of methoxy groups -OCH3 is 2. The molecule has 0 aliphatic carbocycles. The Hall–Kier alpha value is -3.35. The molecule has 12 heteroatoms. The van der Waals surface area contributed by atoms with Crippen molar-refractivity contribution in [2.45, 2.75) is 17.9 Å². The van der Waals surface area contributed by atoms with Crippen LogP contribution in [0.5, 0.6) is 0 Å². The van der Waals surface area contributed by atoms with E-state index in [4.69, 9.17) is 4.74 Å². The van der Waals surface area contributed by atoms with Gasteiger partial charge in [0.1, 0.15) is 0 Å². The Bertz CT molecular complexity index is 1080. The molecule has 0 fully saturated rings. The fourth-order valence-electron chi connectivity index (χ4n) is 2.62. The number of anilines is 1. The zero-order chi connectivity index (χ0) is 23.2. The fraction of sp³-hybridized carbons (Fsp3) is 0.263. The summed E-state index contributed by atoms with van der Waals surface area (Å²) >= 11 is 0. The van der Waals surface area contributed by atoms with Gasteiger partial charge in [0, 0.05) is 36.5 Å². The second kappa shape index (κ2) is 10.1. The van der Waals surface area contributed by atoms with Crippen molar-refractivity contribution in [1.82, 2.24) is 4.72 Å². The van der Waals surface area contributed by atoms with Gasteiger partial charge >= 0.3 is 5.97 Å². The van der Waals surface area contributed by atoms with Gasteiger partial charge in [-0.1, -0.05) is 0 Å². The topological polar surface area (TPSA) is 154 Å². The van der Waals surface area contributed by atoms with Crippen molar-refractivity contribution in [3.63, 3.8) is 0 Å². The van der Waals surface area contributed by atoms with Gasteiger partial charge in [0.25, 0.3) is 11.6 Å². The number of hydrogen-bond donors (Lipinski definition) is 2. The van der Waals surface area contributed by atoms with Crippen LogP contribution in [0.4, 0.5) is 11.4 Å². The molecule has 0 aliphatic rings. The van der Waals surface area contributed by atoms with Gasteiger partial charge in [0.15, 0.2) is 0 Å². The molecule has 2 rings (SSSR count). The maximum absolute atomic E-state index is 12.5. The fourth-order valence-corrected chi connectivity index (χ4v) is 3.85. The Kier molecular flexibility index (Phi) is 7.80. The second-order valence-corrected chi connectivity index (χ2v) is 8.19. The molecule has 0 radical (unpaired) electrons. The average Bonchev–Trinajstić information content (AvgIpc) is 2.72. The Balaban J connectivity index is 2.22. The number of ether oxygens (including phenoxy) is 2. The third kappa shape index (κ3) is 6.31. The number of nitro benzene ring substituents is 1. The van der Waals surface area contributed by atoms with E-state index in [0.29, 0.717) is 0 Å². The summed E-state index contributed by atoms with van der Waals surface area (Å²) in [5.41, 5.74) is -0.494. The van der Waals surface area contributed by atoms with Crippen molar-refractivity contribution < 1.29 is 32.4 Å². The van der Waals surface area contributed by atoms with Crippen LogP contribution in [0.15, 0.2) is 47.4 Å². The summed E-state index contributed by atoms with van der Waals surface area (Å²) in [5, 5.41) is 13.6. The summed E-state index contributed by atoms with van der Waals surface area (Å²) in [4.78, 5) is 34.6. The standard InChI is InChI=1S/C19H21N3O8S/c1-12(11-29-2)21-31(27,28)17-6-4-15(5-7-17)20-18(23)13-8-14(19(24)30-3)10-16(9-13)22(25)26/h4-10,12,21H,11H2,1-3H3,(H,20,23). The number of rotatable bonds is 9. The predicted octanol–water partition coefficient (Wildman–Crippen LogP) is 1.95. The van der Waals surface area contributed by atoms with Gasteiger partial charge < -0.3 is 14.8 Å². The van der Waals surface area contributed by atoms with Crippen molar-refractivity contribution in [3.8, 4) is 0 Å². The number of amides is 1. The van der Waals surface area contributed by atoms with Gasteiger partial charge in [-0.3, -0.25) is 14.9 Å². The van der Waals surface area contributed by atoms with E-state index in [1.54, 1.807) is 6.92 Å². The molecule has 2 aromatic rings. The number of non-ortho nitro benzene ring substituents is 1. The van der Waals surface area contributed by atoms with E-state index in [9.17, 15) is 28.1 Å². The Morgan fingerprint density at radius 1 is 1.10 bits per heavy atom. The molecule has 0 saturated heterocycles. The number of nitrogens with one attached hydrogen (secondary N) is 2. The van der Waals surface area contributed by atoms with Gasteiger partial charge in [0.2, 0.25) is 10.0 Å². The highest BCUT2D eigenvalue weighted by molar-refractivity contribution is 7.89. The molecule has 0 aromatic heterocycles. The highest BCUT2D eigenvalue weighted by Crippen LogP contribution is 2.20. The van der Waals surface area contributed by atoms with E-state index in [1.165, 1.54) is 31.4 Å². The minimum absolute atomic E-state index is 0.0169.